The number of aryl methyl sites for hydroxylation is 1. The van der Waals surface area contributed by atoms with Gasteiger partial charge in [0.15, 0.2) is 5.69 Å². The Balaban J connectivity index is 1.30. The van der Waals surface area contributed by atoms with Crippen LogP contribution in [0.25, 0.3) is 0 Å². The summed E-state index contributed by atoms with van der Waals surface area (Å²) >= 11 is 1.05. The van der Waals surface area contributed by atoms with Crippen molar-refractivity contribution in [3.05, 3.63) is 58.2 Å². The minimum Gasteiger partial charge on any atom is -0.477 e. The zero-order valence-electron chi connectivity index (χ0n) is 20.6. The average molecular weight is 575 g/mol. The lowest BCUT2D eigenvalue weighted by Crippen LogP contribution is -2.27. The molecule has 0 aliphatic carbocycles. The van der Waals surface area contributed by atoms with Gasteiger partial charge >= 0.3 is 12.4 Å². The third kappa shape index (κ3) is 8.08. The van der Waals surface area contributed by atoms with Gasteiger partial charge in [0.2, 0.25) is 5.88 Å². The van der Waals surface area contributed by atoms with Crippen LogP contribution < -0.4 is 10.1 Å². The second-order valence-electron chi connectivity index (χ2n) is 9.10. The van der Waals surface area contributed by atoms with E-state index in [-0.39, 0.29) is 24.6 Å². The van der Waals surface area contributed by atoms with Crippen molar-refractivity contribution in [1.29, 1.82) is 0 Å². The van der Waals surface area contributed by atoms with Crippen LogP contribution in [-0.4, -0.2) is 62.6 Å². The number of aromatic nitrogens is 4. The third-order valence-electron chi connectivity index (χ3n) is 6.04. The van der Waals surface area contributed by atoms with E-state index in [1.807, 2.05) is 0 Å². The van der Waals surface area contributed by atoms with Crippen molar-refractivity contribution >= 4 is 23.1 Å². The molecule has 4 rings (SSSR count). The highest BCUT2D eigenvalue weighted by atomic mass is 32.1. The van der Waals surface area contributed by atoms with E-state index in [0.717, 1.165) is 24.2 Å². The summed E-state index contributed by atoms with van der Waals surface area (Å²) in [6.07, 6.45) is -5.70. The van der Waals surface area contributed by atoms with E-state index in [1.165, 1.54) is 6.20 Å². The minimum atomic E-state index is -4.59. The number of amides is 1. The minimum absolute atomic E-state index is 0.0226. The Morgan fingerprint density at radius 2 is 1.92 bits per heavy atom. The molecule has 8 nitrogen and oxygen atoms in total. The molecule has 0 bridgehead atoms. The van der Waals surface area contributed by atoms with Crippen LogP contribution in [0.2, 0.25) is 0 Å². The van der Waals surface area contributed by atoms with E-state index < -0.39 is 30.4 Å². The lowest BCUT2D eigenvalue weighted by Gasteiger charge is -2.17. The molecule has 1 N–H and O–H groups in total. The number of halogens is 6. The molecule has 1 saturated heterocycles. The van der Waals surface area contributed by atoms with E-state index in [1.54, 1.807) is 24.0 Å². The van der Waals surface area contributed by atoms with Crippen molar-refractivity contribution in [3.8, 4) is 5.88 Å². The number of ether oxygens (including phenoxy) is 1. The summed E-state index contributed by atoms with van der Waals surface area (Å²) in [5.74, 6) is -0.0468. The number of nitrogens with zero attached hydrogens (tertiary/aromatic N) is 5. The number of rotatable bonds is 9. The number of nitrogens with one attached hydrogen (secondary N) is 1. The van der Waals surface area contributed by atoms with Crippen LogP contribution in [0.3, 0.4) is 0 Å². The first-order valence-electron chi connectivity index (χ1n) is 11.9. The summed E-state index contributed by atoms with van der Waals surface area (Å²) in [6, 6.07) is 3.17. The number of anilines is 1. The lowest BCUT2D eigenvalue weighted by atomic mass is 10.1. The quantitative estimate of drug-likeness (QED) is 0.354. The van der Waals surface area contributed by atoms with Gasteiger partial charge < -0.3 is 15.0 Å². The molecule has 0 radical (unpaired) electrons. The van der Waals surface area contributed by atoms with Gasteiger partial charge in [0.1, 0.15) is 0 Å². The van der Waals surface area contributed by atoms with Crippen LogP contribution in [0.5, 0.6) is 5.88 Å². The first kappa shape index (κ1) is 28.7. The maximum absolute atomic E-state index is 13.0. The number of hydrogen-bond acceptors (Lipinski definition) is 8. The van der Waals surface area contributed by atoms with Crippen LogP contribution in [0.1, 0.15) is 45.2 Å². The normalized spacial score (nSPS) is 16.4. The van der Waals surface area contributed by atoms with Crippen molar-refractivity contribution < 1.29 is 35.9 Å². The van der Waals surface area contributed by atoms with E-state index in [2.05, 4.69) is 24.6 Å². The third-order valence-corrected chi connectivity index (χ3v) is 6.97. The van der Waals surface area contributed by atoms with Crippen LogP contribution in [0, 0.1) is 12.8 Å². The number of likely N-dealkylation sites (tertiary alicyclic amines) is 1. The van der Waals surface area contributed by atoms with Gasteiger partial charge in [0.25, 0.3) is 5.91 Å². The first-order chi connectivity index (χ1) is 18.4. The van der Waals surface area contributed by atoms with E-state index in [9.17, 15) is 31.1 Å². The second-order valence-corrected chi connectivity index (χ2v) is 9.96. The summed E-state index contributed by atoms with van der Waals surface area (Å²) in [6.45, 7) is 3.06. The molecule has 0 spiro atoms. The van der Waals surface area contributed by atoms with Gasteiger partial charge in [-0.25, -0.2) is 9.97 Å². The fraction of sp³-hybridized carbons (Fsp3) is 0.458. The predicted octanol–water partition coefficient (Wildman–Crippen LogP) is 5.15. The number of pyridine rings is 1. The van der Waals surface area contributed by atoms with Crippen LogP contribution in [-0.2, 0) is 12.6 Å². The second kappa shape index (κ2) is 11.8. The Kier molecular flexibility index (Phi) is 8.69. The van der Waals surface area contributed by atoms with E-state index in [4.69, 9.17) is 4.74 Å². The van der Waals surface area contributed by atoms with Gasteiger partial charge in [-0.2, -0.15) is 30.7 Å². The largest absolute Gasteiger partial charge is 0.477 e. The molecular formula is C24H24F6N6O2S. The van der Waals surface area contributed by atoms with Crippen molar-refractivity contribution in [3.63, 3.8) is 0 Å². The molecule has 39 heavy (non-hydrogen) atoms. The number of hydrogen-bond donors (Lipinski definition) is 1. The molecule has 1 amide bonds. The average Bonchev–Trinajstić information content (AvgIpc) is 3.48. The Labute approximate surface area is 223 Å². The van der Waals surface area contributed by atoms with E-state index in [0.29, 0.717) is 53.6 Å². The van der Waals surface area contributed by atoms with Gasteiger partial charge in [0.05, 0.1) is 48.1 Å². The SMILES string of the molecule is Cc1nsc(Cc2cnc(C(F)(F)F)cn2)c1C(=O)Nc1ccc(OC[C@H]2CCN(CCC(F)(F)F)C2)nc1. The van der Waals surface area contributed by atoms with Gasteiger partial charge in [-0.05, 0) is 37.5 Å². The molecule has 1 atom stereocenters. The molecule has 0 saturated carbocycles. The number of carbonyl (C=O) groups is 1. The zero-order valence-corrected chi connectivity index (χ0v) is 21.5. The Bertz CT molecular complexity index is 1260. The number of carbonyl (C=O) groups excluding carboxylic acids is 1. The van der Waals surface area contributed by atoms with Gasteiger partial charge in [-0.1, -0.05) is 0 Å². The molecule has 3 aromatic rings. The van der Waals surface area contributed by atoms with Crippen molar-refractivity contribution in [1.82, 2.24) is 24.2 Å². The zero-order chi connectivity index (χ0) is 28.2. The Morgan fingerprint density at radius 1 is 1.13 bits per heavy atom. The highest BCUT2D eigenvalue weighted by Gasteiger charge is 2.33. The smallest absolute Gasteiger partial charge is 0.434 e. The maximum atomic E-state index is 13.0. The highest BCUT2D eigenvalue weighted by Crippen LogP contribution is 2.28. The molecule has 0 aromatic carbocycles. The van der Waals surface area contributed by atoms with Gasteiger partial charge in [-0.15, -0.1) is 0 Å². The molecule has 15 heteroatoms. The first-order valence-corrected chi connectivity index (χ1v) is 12.7. The van der Waals surface area contributed by atoms with Crippen LogP contribution >= 0.6 is 11.5 Å². The topological polar surface area (TPSA) is 93.1 Å². The summed E-state index contributed by atoms with van der Waals surface area (Å²) in [5, 5.41) is 2.72. The van der Waals surface area contributed by atoms with Crippen LogP contribution in [0.4, 0.5) is 32.0 Å². The van der Waals surface area contributed by atoms with Crippen molar-refractivity contribution in [2.75, 3.05) is 31.6 Å². The molecule has 1 aliphatic heterocycles. The molecule has 0 unspecified atom stereocenters. The molecular weight excluding hydrogens is 550 g/mol. The molecule has 210 valence electrons. The molecule has 3 aromatic heterocycles. The predicted molar refractivity (Wildman–Crippen MR) is 130 cm³/mol. The van der Waals surface area contributed by atoms with Crippen molar-refractivity contribution in [2.24, 2.45) is 5.92 Å². The van der Waals surface area contributed by atoms with Crippen molar-refractivity contribution in [2.45, 2.75) is 38.5 Å². The number of alkyl halides is 6. The summed E-state index contributed by atoms with van der Waals surface area (Å²) < 4.78 is 85.3. The van der Waals surface area contributed by atoms with Gasteiger partial charge in [0, 0.05) is 42.6 Å². The van der Waals surface area contributed by atoms with E-state index >= 15 is 0 Å². The van der Waals surface area contributed by atoms with Crippen LogP contribution in [0.15, 0.2) is 30.7 Å². The Hall–Kier alpha value is -3.33. The Morgan fingerprint density at radius 3 is 2.56 bits per heavy atom. The monoisotopic (exact) mass is 574 g/mol. The molecule has 1 aliphatic rings. The summed E-state index contributed by atoms with van der Waals surface area (Å²) in [7, 11) is 0. The summed E-state index contributed by atoms with van der Waals surface area (Å²) in [5.41, 5.74) is 0.294. The fourth-order valence-electron chi connectivity index (χ4n) is 4.06. The molecule has 1 fully saturated rings. The molecule has 4 heterocycles. The lowest BCUT2D eigenvalue weighted by molar-refractivity contribution is -0.141. The van der Waals surface area contributed by atoms with Gasteiger partial charge in [-0.3, -0.25) is 9.78 Å². The highest BCUT2D eigenvalue weighted by molar-refractivity contribution is 7.06. The maximum Gasteiger partial charge on any atom is 0.434 e. The fourth-order valence-corrected chi connectivity index (χ4v) is 4.94. The summed E-state index contributed by atoms with van der Waals surface area (Å²) in [4.78, 5) is 26.6. The standard InChI is InChI=1S/C24H24F6N6O2S/c1-14-21(18(39-35-14)8-17-10-32-19(11-31-17)24(28,29)30)22(37)34-16-2-3-20(33-9-16)38-13-15-4-6-36(12-15)7-5-23(25,26)27/h2-3,9-11,15H,4-8,12-13H2,1H3,(H,34,37)/t15-/m0/s1.